The summed E-state index contributed by atoms with van der Waals surface area (Å²) in [7, 11) is 0. The molecule has 1 unspecified atom stereocenters. The van der Waals surface area contributed by atoms with Gasteiger partial charge in [0.1, 0.15) is 4.83 Å². The van der Waals surface area contributed by atoms with E-state index in [9.17, 15) is 0 Å². The van der Waals surface area contributed by atoms with Crippen molar-refractivity contribution in [2.24, 2.45) is 11.3 Å². The molecule has 160 valence electrons. The van der Waals surface area contributed by atoms with E-state index in [0.717, 1.165) is 12.3 Å². The first-order valence-corrected chi connectivity index (χ1v) is 12.3. The highest BCUT2D eigenvalue weighted by Crippen LogP contribution is 2.47. The van der Waals surface area contributed by atoms with Gasteiger partial charge in [-0.15, -0.1) is 11.3 Å². The van der Waals surface area contributed by atoms with E-state index < -0.39 is 0 Å². The molecule has 2 aliphatic rings. The molecule has 5 rings (SSSR count). The van der Waals surface area contributed by atoms with Gasteiger partial charge in [0, 0.05) is 16.0 Å². The predicted molar refractivity (Wildman–Crippen MR) is 126 cm³/mol. The number of aryl methyl sites for hydroxylation is 4. The molecule has 0 radical (unpaired) electrons. The average molecular weight is 439 g/mol. The van der Waals surface area contributed by atoms with Crippen LogP contribution in [-0.4, -0.2) is 4.98 Å². The van der Waals surface area contributed by atoms with Crippen LogP contribution in [0.25, 0.3) is 21.3 Å². The molecule has 3 aromatic rings. The second-order valence-corrected chi connectivity index (χ2v) is 11.0. The Morgan fingerprint density at radius 2 is 1.77 bits per heavy atom. The van der Waals surface area contributed by atoms with Crippen LogP contribution in [0.4, 0.5) is 0 Å². The molecule has 30 heavy (non-hydrogen) atoms. The number of hydrogen-bond acceptors (Lipinski definition) is 2. The van der Waals surface area contributed by atoms with Gasteiger partial charge in [0.05, 0.1) is 0 Å². The normalized spacial score (nSPS) is 18.6. The van der Waals surface area contributed by atoms with Crippen molar-refractivity contribution in [3.05, 3.63) is 51.5 Å². The molecular formula is C27H33ClNS-. The zero-order valence-corrected chi connectivity index (χ0v) is 20.3. The highest BCUT2D eigenvalue weighted by Gasteiger charge is 2.34. The van der Waals surface area contributed by atoms with Gasteiger partial charge < -0.3 is 12.4 Å². The van der Waals surface area contributed by atoms with Crippen LogP contribution in [0.5, 0.6) is 0 Å². The number of pyridine rings is 1. The Balaban J connectivity index is 0.00000218. The van der Waals surface area contributed by atoms with Crippen molar-refractivity contribution in [2.45, 2.75) is 79.1 Å². The highest BCUT2D eigenvalue weighted by molar-refractivity contribution is 7.19. The fourth-order valence-corrected chi connectivity index (χ4v) is 6.74. The molecule has 0 N–H and O–H groups in total. The summed E-state index contributed by atoms with van der Waals surface area (Å²) in [6.45, 7) is 9.47. The van der Waals surface area contributed by atoms with Crippen LogP contribution in [0, 0.1) is 18.3 Å². The molecule has 0 fully saturated rings. The molecule has 0 saturated heterocycles. The van der Waals surface area contributed by atoms with Gasteiger partial charge in [-0.2, -0.15) is 0 Å². The quantitative estimate of drug-likeness (QED) is 0.577. The molecule has 3 heteroatoms. The van der Waals surface area contributed by atoms with Gasteiger partial charge in [-0.25, -0.2) is 4.98 Å². The van der Waals surface area contributed by atoms with Gasteiger partial charge in [0.2, 0.25) is 0 Å². The summed E-state index contributed by atoms with van der Waals surface area (Å²) in [5.41, 5.74) is 9.23. The third kappa shape index (κ3) is 3.60. The summed E-state index contributed by atoms with van der Waals surface area (Å²) in [6, 6.07) is 9.27. The van der Waals surface area contributed by atoms with Crippen LogP contribution >= 0.6 is 11.3 Å². The Morgan fingerprint density at radius 3 is 2.50 bits per heavy atom. The summed E-state index contributed by atoms with van der Waals surface area (Å²) >= 11 is 1.98. The average Bonchev–Trinajstić information content (AvgIpc) is 3.10. The van der Waals surface area contributed by atoms with Gasteiger partial charge in [-0.3, -0.25) is 0 Å². The second-order valence-electron chi connectivity index (χ2n) is 9.95. The van der Waals surface area contributed by atoms with Gasteiger partial charge in [-0.05, 0) is 85.5 Å². The minimum Gasteiger partial charge on any atom is -1.00 e. The lowest BCUT2D eigenvalue weighted by Crippen LogP contribution is -3.00. The molecule has 1 atom stereocenters. The molecule has 1 nitrogen and oxygen atoms in total. The van der Waals surface area contributed by atoms with E-state index in [2.05, 4.69) is 52.0 Å². The van der Waals surface area contributed by atoms with E-state index in [1.807, 2.05) is 11.3 Å². The SMILES string of the molecule is CCC(C)(C)C1CCc2nc3sc4c(c3c(-c3ccc(C)cc3)c2C1)CCCC4.[Cl-]. The molecular weight excluding hydrogens is 406 g/mol. The Kier molecular flexibility index (Phi) is 6.03. The topological polar surface area (TPSA) is 12.9 Å². The Bertz CT molecular complexity index is 1060. The van der Waals surface area contributed by atoms with Crippen LogP contribution in [0.3, 0.4) is 0 Å². The summed E-state index contributed by atoms with van der Waals surface area (Å²) in [6.07, 6.45) is 10.0. The standard InChI is InChI=1S/C27H33NS.ClH/c1-5-27(3,4)19-14-15-22-21(16-19)24(18-12-10-17(2)11-13-18)25-20-8-6-7-9-23(20)29-26(25)28-22;/h10-13,19H,5-9,14-16H2,1-4H3;1H/p-1. The first kappa shape index (κ1) is 21.8. The first-order chi connectivity index (χ1) is 14.0. The van der Waals surface area contributed by atoms with Crippen molar-refractivity contribution in [2.75, 3.05) is 0 Å². The third-order valence-corrected chi connectivity index (χ3v) is 9.01. The number of aromatic nitrogens is 1. The molecule has 0 saturated carbocycles. The second kappa shape index (κ2) is 8.28. The highest BCUT2D eigenvalue weighted by atomic mass is 35.5. The number of fused-ring (bicyclic) bond motifs is 4. The Morgan fingerprint density at radius 1 is 1.03 bits per heavy atom. The maximum absolute atomic E-state index is 5.29. The van der Waals surface area contributed by atoms with Crippen molar-refractivity contribution in [1.82, 2.24) is 4.98 Å². The number of thiophene rings is 1. The Labute approximate surface area is 191 Å². The van der Waals surface area contributed by atoms with E-state index >= 15 is 0 Å². The zero-order chi connectivity index (χ0) is 20.2. The monoisotopic (exact) mass is 438 g/mol. The van der Waals surface area contributed by atoms with Gasteiger partial charge >= 0.3 is 0 Å². The van der Waals surface area contributed by atoms with Crippen molar-refractivity contribution in [3.8, 4) is 11.1 Å². The lowest BCUT2D eigenvalue weighted by molar-refractivity contribution is -0.00000635. The smallest absolute Gasteiger partial charge is 0.124 e. The predicted octanol–water partition coefficient (Wildman–Crippen LogP) is 4.70. The maximum Gasteiger partial charge on any atom is 0.124 e. The van der Waals surface area contributed by atoms with E-state index in [-0.39, 0.29) is 12.4 Å². The van der Waals surface area contributed by atoms with Crippen molar-refractivity contribution in [3.63, 3.8) is 0 Å². The van der Waals surface area contributed by atoms with Crippen molar-refractivity contribution >= 4 is 21.6 Å². The van der Waals surface area contributed by atoms with Crippen molar-refractivity contribution < 1.29 is 12.4 Å². The lowest BCUT2D eigenvalue weighted by atomic mass is 9.68. The van der Waals surface area contributed by atoms with Crippen LogP contribution in [0.1, 0.15) is 73.7 Å². The number of halogens is 1. The minimum atomic E-state index is 0. The van der Waals surface area contributed by atoms with Crippen molar-refractivity contribution in [1.29, 1.82) is 0 Å². The largest absolute Gasteiger partial charge is 1.00 e. The molecule has 2 aromatic heterocycles. The molecule has 2 heterocycles. The van der Waals surface area contributed by atoms with E-state index in [1.165, 1.54) is 77.5 Å². The van der Waals surface area contributed by atoms with E-state index in [4.69, 9.17) is 4.98 Å². The van der Waals surface area contributed by atoms with E-state index in [1.54, 1.807) is 16.0 Å². The van der Waals surface area contributed by atoms with Crippen LogP contribution in [0.2, 0.25) is 0 Å². The molecule has 0 amide bonds. The van der Waals surface area contributed by atoms with Crippen LogP contribution in [0.15, 0.2) is 24.3 Å². The summed E-state index contributed by atoms with van der Waals surface area (Å²) in [5, 5.41) is 1.50. The maximum atomic E-state index is 5.29. The fourth-order valence-electron chi connectivity index (χ4n) is 5.45. The van der Waals surface area contributed by atoms with Gasteiger partial charge in [-0.1, -0.05) is 57.0 Å². The van der Waals surface area contributed by atoms with Gasteiger partial charge in [0.25, 0.3) is 0 Å². The summed E-state index contributed by atoms with van der Waals surface area (Å²) in [4.78, 5) is 8.20. The summed E-state index contributed by atoms with van der Waals surface area (Å²) < 4.78 is 0. The molecule has 0 spiro atoms. The lowest BCUT2D eigenvalue weighted by Gasteiger charge is -2.37. The number of hydrogen-bond donors (Lipinski definition) is 0. The number of benzene rings is 1. The fraction of sp³-hybridized carbons (Fsp3) is 0.519. The molecule has 0 bridgehead atoms. The Hall–Kier alpha value is -1.38. The molecule has 2 aliphatic carbocycles. The number of nitrogens with zero attached hydrogens (tertiary/aromatic N) is 1. The zero-order valence-electron chi connectivity index (χ0n) is 18.8. The summed E-state index contributed by atoms with van der Waals surface area (Å²) in [5.74, 6) is 0.748. The molecule has 1 aromatic carbocycles. The molecule has 0 aliphatic heterocycles. The minimum absolute atomic E-state index is 0. The van der Waals surface area contributed by atoms with Crippen LogP contribution in [-0.2, 0) is 25.7 Å². The third-order valence-electron chi connectivity index (χ3n) is 7.83. The van der Waals surface area contributed by atoms with E-state index in [0.29, 0.717) is 5.41 Å². The van der Waals surface area contributed by atoms with Crippen LogP contribution < -0.4 is 12.4 Å². The first-order valence-electron chi connectivity index (χ1n) is 11.5. The van der Waals surface area contributed by atoms with Gasteiger partial charge in [0.15, 0.2) is 0 Å². The number of rotatable bonds is 3.